The van der Waals surface area contributed by atoms with Crippen molar-refractivity contribution < 1.29 is 19.8 Å². The number of para-hydroxylation sites is 2. The average molecular weight is 636 g/mol. The first-order chi connectivity index (χ1) is 27.6. The number of furan rings is 2. The number of fused-ring (bicyclic) bond motifs is 8. The van der Waals surface area contributed by atoms with Gasteiger partial charge in [-0.15, -0.1) is 0 Å². The number of nitrogens with zero attached hydrogens (tertiary/aromatic N) is 1. The zero-order valence-electron chi connectivity index (χ0n) is 33.9. The molecule has 2 heterocycles. The molecule has 0 fully saturated rings. The van der Waals surface area contributed by atoms with Gasteiger partial charge in [0.25, 0.3) is 0 Å². The zero-order chi connectivity index (χ0) is 39.3. The van der Waals surface area contributed by atoms with Crippen molar-refractivity contribution in [3.8, 4) is 22.3 Å². The minimum Gasteiger partial charge on any atom is -0.456 e. The van der Waals surface area contributed by atoms with Gasteiger partial charge in [-0.3, -0.25) is 0 Å². The maximum atomic E-state index is 9.67. The summed E-state index contributed by atoms with van der Waals surface area (Å²) >= 11 is 0. The molecule has 2 aromatic heterocycles. The van der Waals surface area contributed by atoms with E-state index in [0.717, 1.165) is 21.5 Å². The van der Waals surface area contributed by atoms with Gasteiger partial charge in [0.05, 0.1) is 27.7 Å². The van der Waals surface area contributed by atoms with Crippen LogP contribution in [0.4, 0.5) is 17.1 Å². The van der Waals surface area contributed by atoms with Gasteiger partial charge in [-0.05, 0) is 76.6 Å². The van der Waals surface area contributed by atoms with Crippen molar-refractivity contribution in [1.82, 2.24) is 0 Å². The highest BCUT2D eigenvalue weighted by Crippen LogP contribution is 2.47. The molecule has 0 atom stereocenters. The molecule has 0 bridgehead atoms. The van der Waals surface area contributed by atoms with Crippen LogP contribution in [0.5, 0.6) is 0 Å². The van der Waals surface area contributed by atoms with Crippen LogP contribution < -0.4 is 4.90 Å². The monoisotopic (exact) mass is 635 g/mol. The van der Waals surface area contributed by atoms with Gasteiger partial charge in [0, 0.05) is 32.8 Å². The highest BCUT2D eigenvalue weighted by Gasteiger charge is 2.22. The van der Waals surface area contributed by atoms with Crippen molar-refractivity contribution >= 4 is 71.7 Å². The highest BCUT2D eigenvalue weighted by atomic mass is 16.3. The molecule has 3 nitrogen and oxygen atoms in total. The third-order valence-electron chi connectivity index (χ3n) is 9.06. The topological polar surface area (TPSA) is 29.5 Å². The second-order valence-electron chi connectivity index (χ2n) is 11.9. The highest BCUT2D eigenvalue weighted by molar-refractivity contribution is 6.20. The first kappa shape index (κ1) is 20.6. The summed E-state index contributed by atoms with van der Waals surface area (Å²) in [5.41, 5.74) is 3.52. The Balaban J connectivity index is 1.32. The molecule has 0 spiro atoms. The summed E-state index contributed by atoms with van der Waals surface area (Å²) in [6.07, 6.45) is 0. The van der Waals surface area contributed by atoms with Crippen LogP contribution in [0.2, 0.25) is 0 Å². The number of hydrogen-bond donors (Lipinski definition) is 0. The Hall–Kier alpha value is -6.58. The molecule has 8 aromatic carbocycles. The van der Waals surface area contributed by atoms with Gasteiger partial charge < -0.3 is 13.7 Å². The summed E-state index contributed by atoms with van der Waals surface area (Å²) < 4.78 is 87.2. The van der Waals surface area contributed by atoms with Crippen LogP contribution >= 0.6 is 0 Å². The Kier molecular flexibility index (Phi) is 4.63. The number of rotatable bonds is 5. The standard InChI is InChI=1S/C46H29NO2/c1-2-11-31(12-3-1)35-14-6-8-17-40(35)47(41-18-10-20-43-45(41)39-28-23-32-13-4-5-15-36(32)46(39)49-43)34-25-21-30(22-26-34)33-24-27-38-37-16-7-9-19-42(37)48-44(38)29-33/h1-29H/i6D,8D,14D,17D,21D,22D,25D,26D. The van der Waals surface area contributed by atoms with Crippen LogP contribution in [0.3, 0.4) is 0 Å². The van der Waals surface area contributed by atoms with Crippen LogP contribution in [0, 0.1) is 0 Å². The lowest BCUT2D eigenvalue weighted by atomic mass is 9.99. The first-order valence-corrected chi connectivity index (χ1v) is 15.9. The van der Waals surface area contributed by atoms with Gasteiger partial charge in [0.15, 0.2) is 0 Å². The van der Waals surface area contributed by atoms with Crippen LogP contribution in [-0.2, 0) is 0 Å². The van der Waals surface area contributed by atoms with Crippen molar-refractivity contribution in [2.75, 3.05) is 4.90 Å². The third kappa shape index (κ3) is 4.44. The Morgan fingerprint density at radius 3 is 2.08 bits per heavy atom. The van der Waals surface area contributed by atoms with E-state index >= 15 is 0 Å². The minimum atomic E-state index is -0.513. The minimum absolute atomic E-state index is 0.0351. The number of benzene rings is 8. The lowest BCUT2D eigenvalue weighted by molar-refractivity contribution is 0.669. The van der Waals surface area contributed by atoms with E-state index in [4.69, 9.17) is 11.6 Å². The molecule has 10 aromatic rings. The lowest BCUT2D eigenvalue weighted by Crippen LogP contribution is -2.11. The Labute approximate surface area is 294 Å². The SMILES string of the molecule is [2H]c1c([2H])c([2H])c(N(c2c([2H])c([2H])c(-c3ccc4c(c3)oc3ccccc34)c([2H])c2[2H])c2cccc3oc4c5ccccc5ccc4c23)c(-c2ccccc2)c1[2H]. The van der Waals surface area contributed by atoms with E-state index in [1.807, 2.05) is 66.7 Å². The zero-order valence-corrected chi connectivity index (χ0v) is 25.9. The van der Waals surface area contributed by atoms with E-state index in [0.29, 0.717) is 49.9 Å². The molecule has 3 heteroatoms. The molecule has 230 valence electrons. The molecule has 0 saturated heterocycles. The lowest BCUT2D eigenvalue weighted by Gasteiger charge is -2.28. The van der Waals surface area contributed by atoms with Crippen LogP contribution in [0.25, 0.3) is 76.9 Å². The summed E-state index contributed by atoms with van der Waals surface area (Å²) in [7, 11) is 0. The van der Waals surface area contributed by atoms with Gasteiger partial charge in [0.2, 0.25) is 0 Å². The van der Waals surface area contributed by atoms with Gasteiger partial charge in [0.1, 0.15) is 22.3 Å². The second kappa shape index (κ2) is 11.0. The molecule has 0 radical (unpaired) electrons. The fraction of sp³-hybridized carbons (Fsp3) is 0. The van der Waals surface area contributed by atoms with E-state index in [-0.39, 0.29) is 40.6 Å². The molecule has 0 aliphatic rings. The summed E-state index contributed by atoms with van der Waals surface area (Å²) in [6.45, 7) is 0. The van der Waals surface area contributed by atoms with Crippen LogP contribution in [-0.4, -0.2) is 0 Å². The normalized spacial score (nSPS) is 14.0. The molecule has 0 saturated carbocycles. The fourth-order valence-electron chi connectivity index (χ4n) is 6.80. The van der Waals surface area contributed by atoms with Gasteiger partial charge >= 0.3 is 0 Å². The second-order valence-corrected chi connectivity index (χ2v) is 11.9. The van der Waals surface area contributed by atoms with Crippen molar-refractivity contribution in [3.63, 3.8) is 0 Å². The van der Waals surface area contributed by atoms with E-state index in [9.17, 15) is 8.22 Å². The maximum absolute atomic E-state index is 9.67. The van der Waals surface area contributed by atoms with Crippen LogP contribution in [0.1, 0.15) is 11.0 Å². The predicted molar refractivity (Wildman–Crippen MR) is 204 cm³/mol. The van der Waals surface area contributed by atoms with Crippen molar-refractivity contribution in [2.24, 2.45) is 0 Å². The van der Waals surface area contributed by atoms with Crippen molar-refractivity contribution in [1.29, 1.82) is 0 Å². The molecular formula is C46H29NO2. The number of anilines is 3. The maximum Gasteiger partial charge on any atom is 0.143 e. The average Bonchev–Trinajstić information content (AvgIpc) is 3.81. The third-order valence-corrected chi connectivity index (χ3v) is 9.06. The van der Waals surface area contributed by atoms with E-state index < -0.39 is 30.2 Å². The van der Waals surface area contributed by atoms with Gasteiger partial charge in [-0.25, -0.2) is 0 Å². The first-order valence-electron chi connectivity index (χ1n) is 19.9. The molecule has 0 amide bonds. The van der Waals surface area contributed by atoms with E-state index in [2.05, 4.69) is 0 Å². The Morgan fingerprint density at radius 2 is 1.18 bits per heavy atom. The summed E-state index contributed by atoms with van der Waals surface area (Å²) in [4.78, 5) is 1.46. The summed E-state index contributed by atoms with van der Waals surface area (Å²) in [5.74, 6) is 0. The largest absolute Gasteiger partial charge is 0.456 e. The molecule has 10 rings (SSSR count). The molecule has 0 aliphatic heterocycles. The van der Waals surface area contributed by atoms with Crippen LogP contribution in [0.15, 0.2) is 185 Å². The molecule has 0 N–H and O–H groups in total. The van der Waals surface area contributed by atoms with Crippen molar-refractivity contribution in [2.45, 2.75) is 0 Å². The van der Waals surface area contributed by atoms with Gasteiger partial charge in [-0.2, -0.15) is 0 Å². The van der Waals surface area contributed by atoms with Gasteiger partial charge in [-0.1, -0.05) is 121 Å². The van der Waals surface area contributed by atoms with Crippen molar-refractivity contribution in [3.05, 3.63) is 176 Å². The fourth-order valence-corrected chi connectivity index (χ4v) is 6.80. The molecular weight excluding hydrogens is 599 g/mol. The molecule has 49 heavy (non-hydrogen) atoms. The Morgan fingerprint density at radius 1 is 0.449 bits per heavy atom. The summed E-state index contributed by atoms with van der Waals surface area (Å²) in [6, 6.07) is 35.6. The Bertz CT molecular complexity index is 3270. The molecule has 0 aliphatic carbocycles. The predicted octanol–water partition coefficient (Wildman–Crippen LogP) is 13.4. The molecule has 0 unspecified atom stereocenters. The smallest absolute Gasteiger partial charge is 0.143 e. The quantitative estimate of drug-likeness (QED) is 0.188. The number of hydrogen-bond acceptors (Lipinski definition) is 3. The van der Waals surface area contributed by atoms with E-state index in [1.54, 1.807) is 60.7 Å². The summed E-state index contributed by atoms with van der Waals surface area (Å²) in [5, 5.41) is 4.87. The van der Waals surface area contributed by atoms with E-state index in [1.165, 1.54) is 4.90 Å².